The van der Waals surface area contributed by atoms with E-state index < -0.39 is 0 Å². The molecule has 2 amide bonds. The fourth-order valence-corrected chi connectivity index (χ4v) is 3.73. The molecule has 0 saturated carbocycles. The van der Waals surface area contributed by atoms with Crippen molar-refractivity contribution in [1.29, 1.82) is 0 Å². The summed E-state index contributed by atoms with van der Waals surface area (Å²) in [7, 11) is 0. The highest BCUT2D eigenvalue weighted by Gasteiger charge is 2.36. The number of morpholine rings is 1. The van der Waals surface area contributed by atoms with Gasteiger partial charge >= 0.3 is 0 Å². The van der Waals surface area contributed by atoms with Gasteiger partial charge in [-0.05, 0) is 37.0 Å². The molecule has 2 aliphatic rings. The van der Waals surface area contributed by atoms with Crippen LogP contribution < -0.4 is 0 Å². The average molecular weight is 385 g/mol. The monoisotopic (exact) mass is 384 g/mol. The second kappa shape index (κ2) is 8.39. The minimum atomic E-state index is -0.320. The fourth-order valence-electron chi connectivity index (χ4n) is 3.41. The third-order valence-corrected chi connectivity index (χ3v) is 5.53. The molecule has 0 N–H and O–H groups in total. The zero-order valence-corrected chi connectivity index (χ0v) is 15.6. The minimum Gasteiger partial charge on any atom is -0.378 e. The van der Waals surface area contributed by atoms with Crippen LogP contribution in [-0.2, 0) is 20.7 Å². The third kappa shape index (κ3) is 4.46. The molecule has 1 aromatic rings. The number of carbonyl (C=O) groups is 2. The largest absolute Gasteiger partial charge is 0.378 e. The van der Waals surface area contributed by atoms with Crippen molar-refractivity contribution in [2.75, 3.05) is 32.8 Å². The minimum absolute atomic E-state index is 0.0233. The van der Waals surface area contributed by atoms with Crippen molar-refractivity contribution in [3.8, 4) is 0 Å². The first-order valence-corrected chi connectivity index (χ1v) is 9.42. The van der Waals surface area contributed by atoms with Crippen LogP contribution in [-0.4, -0.2) is 60.5 Å². The molecule has 1 aromatic carbocycles. The van der Waals surface area contributed by atoms with E-state index in [0.717, 1.165) is 18.4 Å². The van der Waals surface area contributed by atoms with Gasteiger partial charge in [-0.3, -0.25) is 9.59 Å². The zero-order chi connectivity index (χ0) is 17.8. The summed E-state index contributed by atoms with van der Waals surface area (Å²) in [6.07, 6.45) is 2.57. The summed E-state index contributed by atoms with van der Waals surface area (Å²) < 4.78 is 5.30. The summed E-state index contributed by atoms with van der Waals surface area (Å²) in [6.45, 7) is 3.02. The van der Waals surface area contributed by atoms with Gasteiger partial charge in [-0.2, -0.15) is 0 Å². The normalized spacial score (nSPS) is 20.8. The first-order chi connectivity index (χ1) is 12.1. The number of amides is 2. The predicted molar refractivity (Wildman–Crippen MR) is 96.9 cm³/mol. The highest BCUT2D eigenvalue weighted by molar-refractivity contribution is 6.42. The molecule has 2 fully saturated rings. The molecule has 7 heteroatoms. The Balaban J connectivity index is 1.58. The molecule has 0 aromatic heterocycles. The van der Waals surface area contributed by atoms with E-state index in [2.05, 4.69) is 0 Å². The van der Waals surface area contributed by atoms with E-state index >= 15 is 0 Å². The summed E-state index contributed by atoms with van der Waals surface area (Å²) in [5, 5.41) is 1.00. The molecule has 0 aliphatic carbocycles. The number of hydrogen-bond donors (Lipinski definition) is 0. The number of likely N-dealkylation sites (tertiary alicyclic amines) is 1. The van der Waals surface area contributed by atoms with E-state index in [0.29, 0.717) is 55.7 Å². The van der Waals surface area contributed by atoms with Crippen LogP contribution in [0.15, 0.2) is 18.2 Å². The topological polar surface area (TPSA) is 49.9 Å². The predicted octanol–water partition coefficient (Wildman–Crippen LogP) is 2.78. The van der Waals surface area contributed by atoms with E-state index in [9.17, 15) is 9.59 Å². The molecule has 0 unspecified atom stereocenters. The van der Waals surface area contributed by atoms with Crippen molar-refractivity contribution in [2.24, 2.45) is 0 Å². The molecule has 0 spiro atoms. The lowest BCUT2D eigenvalue weighted by molar-refractivity contribution is -0.146. The van der Waals surface area contributed by atoms with Crippen LogP contribution in [0.5, 0.6) is 0 Å². The number of halogens is 2. The third-order valence-electron chi connectivity index (χ3n) is 4.79. The van der Waals surface area contributed by atoms with Gasteiger partial charge in [0.2, 0.25) is 11.8 Å². The molecule has 2 saturated heterocycles. The van der Waals surface area contributed by atoms with Crippen LogP contribution in [0, 0.1) is 0 Å². The summed E-state index contributed by atoms with van der Waals surface area (Å²) in [5.41, 5.74) is 0.970. The first-order valence-electron chi connectivity index (χ1n) is 8.66. The van der Waals surface area contributed by atoms with Crippen molar-refractivity contribution in [3.63, 3.8) is 0 Å². The molecule has 5 nitrogen and oxygen atoms in total. The van der Waals surface area contributed by atoms with E-state index in [1.807, 2.05) is 11.0 Å². The Bertz CT molecular complexity index is 647. The van der Waals surface area contributed by atoms with Gasteiger partial charge in [0.1, 0.15) is 6.04 Å². The van der Waals surface area contributed by atoms with Crippen LogP contribution in [0.3, 0.4) is 0 Å². The number of aryl methyl sites for hydroxylation is 1. The van der Waals surface area contributed by atoms with Crippen molar-refractivity contribution in [1.82, 2.24) is 9.80 Å². The molecular weight excluding hydrogens is 363 g/mol. The number of carbonyl (C=O) groups excluding carboxylic acids is 2. The van der Waals surface area contributed by atoms with Crippen molar-refractivity contribution >= 4 is 35.0 Å². The Labute approximate surface area is 157 Å². The molecule has 3 rings (SSSR count). The number of rotatable bonds is 4. The summed E-state index contributed by atoms with van der Waals surface area (Å²) in [6, 6.07) is 5.09. The highest BCUT2D eigenvalue weighted by atomic mass is 35.5. The molecular formula is C18H22Cl2N2O3. The SMILES string of the molecule is O=C([C@@H]1CCCN1C(=O)CCc1ccc(Cl)c(Cl)c1)N1CCOCC1. The van der Waals surface area contributed by atoms with Gasteiger partial charge < -0.3 is 14.5 Å². The highest BCUT2D eigenvalue weighted by Crippen LogP contribution is 2.24. The van der Waals surface area contributed by atoms with Crippen LogP contribution in [0.25, 0.3) is 0 Å². The van der Waals surface area contributed by atoms with Crippen LogP contribution in [0.4, 0.5) is 0 Å². The first kappa shape index (κ1) is 18.5. The van der Waals surface area contributed by atoms with E-state index in [-0.39, 0.29) is 17.9 Å². The lowest BCUT2D eigenvalue weighted by atomic mass is 10.1. The van der Waals surface area contributed by atoms with Crippen LogP contribution >= 0.6 is 23.2 Å². The van der Waals surface area contributed by atoms with Gasteiger partial charge in [0.15, 0.2) is 0 Å². The summed E-state index contributed by atoms with van der Waals surface area (Å²) >= 11 is 11.9. The summed E-state index contributed by atoms with van der Waals surface area (Å²) in [5.74, 6) is 0.0823. The second-order valence-electron chi connectivity index (χ2n) is 6.43. The number of hydrogen-bond acceptors (Lipinski definition) is 3. The zero-order valence-electron chi connectivity index (χ0n) is 14.0. The van der Waals surface area contributed by atoms with Gasteiger partial charge in [0, 0.05) is 26.1 Å². The lowest BCUT2D eigenvalue weighted by Gasteiger charge is -2.32. The molecule has 2 aliphatic heterocycles. The number of ether oxygens (including phenoxy) is 1. The van der Waals surface area contributed by atoms with Crippen molar-refractivity contribution in [3.05, 3.63) is 33.8 Å². The average Bonchev–Trinajstić information content (AvgIpc) is 3.12. The Kier molecular flexibility index (Phi) is 6.20. The van der Waals surface area contributed by atoms with Crippen molar-refractivity contribution in [2.45, 2.75) is 31.7 Å². The van der Waals surface area contributed by atoms with Gasteiger partial charge in [-0.25, -0.2) is 0 Å². The lowest BCUT2D eigenvalue weighted by Crippen LogP contribution is -2.51. The van der Waals surface area contributed by atoms with Gasteiger partial charge in [0.05, 0.1) is 23.3 Å². The Morgan fingerprint density at radius 3 is 2.60 bits per heavy atom. The quantitative estimate of drug-likeness (QED) is 0.801. The smallest absolute Gasteiger partial charge is 0.245 e. The summed E-state index contributed by atoms with van der Waals surface area (Å²) in [4.78, 5) is 28.9. The van der Waals surface area contributed by atoms with E-state index in [4.69, 9.17) is 27.9 Å². The molecule has 25 heavy (non-hydrogen) atoms. The number of benzene rings is 1. The second-order valence-corrected chi connectivity index (χ2v) is 7.25. The van der Waals surface area contributed by atoms with E-state index in [1.54, 1.807) is 17.0 Å². The van der Waals surface area contributed by atoms with Crippen LogP contribution in [0.2, 0.25) is 10.0 Å². The standard InChI is InChI=1S/C18H22Cl2N2O3/c19-14-5-3-13(12-15(14)20)4-6-17(23)22-7-1-2-16(22)18(24)21-8-10-25-11-9-21/h3,5,12,16H,1-2,4,6-11H2/t16-/m0/s1. The molecule has 2 heterocycles. The Hall–Kier alpha value is -1.30. The Morgan fingerprint density at radius 1 is 1.12 bits per heavy atom. The molecule has 136 valence electrons. The molecule has 0 bridgehead atoms. The molecule has 0 radical (unpaired) electrons. The maximum absolute atomic E-state index is 12.7. The van der Waals surface area contributed by atoms with Gasteiger partial charge in [-0.1, -0.05) is 29.3 Å². The van der Waals surface area contributed by atoms with E-state index in [1.165, 1.54) is 0 Å². The maximum atomic E-state index is 12.7. The number of nitrogens with zero attached hydrogens (tertiary/aromatic N) is 2. The molecule has 1 atom stereocenters. The fraction of sp³-hybridized carbons (Fsp3) is 0.556. The van der Waals surface area contributed by atoms with Gasteiger partial charge in [-0.15, -0.1) is 0 Å². The maximum Gasteiger partial charge on any atom is 0.245 e. The Morgan fingerprint density at radius 2 is 1.88 bits per heavy atom. The van der Waals surface area contributed by atoms with Crippen molar-refractivity contribution < 1.29 is 14.3 Å². The van der Waals surface area contributed by atoms with Crippen LogP contribution in [0.1, 0.15) is 24.8 Å². The van der Waals surface area contributed by atoms with Gasteiger partial charge in [0.25, 0.3) is 0 Å².